The van der Waals surface area contributed by atoms with Crippen LogP contribution in [-0.4, -0.2) is 52.4 Å². The molecule has 2 aromatic carbocycles. The molecule has 164 valence electrons. The maximum atomic E-state index is 13.4. The molecule has 0 saturated carbocycles. The van der Waals surface area contributed by atoms with E-state index in [1.165, 1.54) is 0 Å². The van der Waals surface area contributed by atoms with Crippen molar-refractivity contribution in [1.29, 1.82) is 0 Å². The van der Waals surface area contributed by atoms with Crippen LogP contribution in [0.1, 0.15) is 56.7 Å². The maximum Gasteiger partial charge on any atom is 0.274 e. The van der Waals surface area contributed by atoms with Crippen molar-refractivity contribution in [2.45, 2.75) is 39.7 Å². The fourth-order valence-electron chi connectivity index (χ4n) is 3.93. The van der Waals surface area contributed by atoms with Crippen molar-refractivity contribution in [2.75, 3.05) is 19.6 Å². The fourth-order valence-corrected chi connectivity index (χ4v) is 3.93. The number of nitrogens with zero attached hydrogens (tertiary/aromatic N) is 2. The molecule has 0 unspecified atom stereocenters. The van der Waals surface area contributed by atoms with Crippen LogP contribution in [0.5, 0.6) is 0 Å². The Hall–Kier alpha value is -3.19. The Morgan fingerprint density at radius 1 is 0.935 bits per heavy atom. The minimum absolute atomic E-state index is 0.00466. The summed E-state index contributed by atoms with van der Waals surface area (Å²) in [5.41, 5.74) is 5.24. The summed E-state index contributed by atoms with van der Waals surface area (Å²) in [6.45, 7) is 5.60. The molecule has 1 aliphatic rings. The molecular formula is C24H29N3O4. The summed E-state index contributed by atoms with van der Waals surface area (Å²) in [6, 6.07) is 12.3. The number of nitrogens with one attached hydrogen (secondary N) is 1. The molecule has 1 aliphatic heterocycles. The van der Waals surface area contributed by atoms with Crippen LogP contribution in [0.25, 0.3) is 0 Å². The number of hydrogen-bond donors (Lipinski definition) is 2. The van der Waals surface area contributed by atoms with Gasteiger partial charge in [-0.05, 0) is 62.9 Å². The topological polar surface area (TPSA) is 90.0 Å². The number of likely N-dealkylation sites (tertiary alicyclic amines) is 1. The van der Waals surface area contributed by atoms with E-state index in [4.69, 9.17) is 5.21 Å². The van der Waals surface area contributed by atoms with Crippen LogP contribution < -0.4 is 5.48 Å². The van der Waals surface area contributed by atoms with E-state index < -0.39 is 5.91 Å². The molecule has 2 aromatic rings. The second kappa shape index (κ2) is 10.2. The van der Waals surface area contributed by atoms with Gasteiger partial charge in [-0.15, -0.1) is 0 Å². The lowest BCUT2D eigenvalue weighted by Gasteiger charge is -2.30. The molecule has 0 bridgehead atoms. The number of aryl methyl sites for hydroxylation is 2. The number of benzene rings is 2. The average Bonchev–Trinajstić information content (AvgIpc) is 2.78. The number of piperidine rings is 1. The molecule has 0 radical (unpaired) electrons. The third-order valence-electron chi connectivity index (χ3n) is 5.48. The van der Waals surface area contributed by atoms with E-state index in [-0.39, 0.29) is 24.9 Å². The normalized spacial score (nSPS) is 13.6. The van der Waals surface area contributed by atoms with Gasteiger partial charge >= 0.3 is 0 Å². The molecule has 7 heteroatoms. The lowest BCUT2D eigenvalue weighted by atomic mass is 10.1. The van der Waals surface area contributed by atoms with Gasteiger partial charge in [-0.1, -0.05) is 29.3 Å². The van der Waals surface area contributed by atoms with Gasteiger partial charge in [0.25, 0.3) is 11.8 Å². The molecule has 3 rings (SSSR count). The van der Waals surface area contributed by atoms with E-state index in [9.17, 15) is 14.4 Å². The average molecular weight is 424 g/mol. The Morgan fingerprint density at radius 2 is 1.55 bits per heavy atom. The Bertz CT molecular complexity index is 930. The van der Waals surface area contributed by atoms with Gasteiger partial charge in [0, 0.05) is 30.8 Å². The highest BCUT2D eigenvalue weighted by Crippen LogP contribution is 2.16. The number of hydroxylamine groups is 1. The SMILES string of the molecule is Cc1cc(C)cc(C(=O)N(CC(=O)N2CCCCC2)Cc2ccc(C(=O)NO)cc2)c1. The number of hydrogen-bond acceptors (Lipinski definition) is 4. The molecule has 0 aromatic heterocycles. The summed E-state index contributed by atoms with van der Waals surface area (Å²) in [7, 11) is 0. The quantitative estimate of drug-likeness (QED) is 0.552. The highest BCUT2D eigenvalue weighted by atomic mass is 16.5. The van der Waals surface area contributed by atoms with Gasteiger partial charge in [0.2, 0.25) is 5.91 Å². The Morgan fingerprint density at radius 3 is 2.13 bits per heavy atom. The first-order valence-corrected chi connectivity index (χ1v) is 10.6. The lowest BCUT2D eigenvalue weighted by molar-refractivity contribution is -0.132. The maximum absolute atomic E-state index is 13.4. The van der Waals surface area contributed by atoms with Gasteiger partial charge in [-0.3, -0.25) is 19.6 Å². The van der Waals surface area contributed by atoms with E-state index in [0.29, 0.717) is 11.1 Å². The minimum atomic E-state index is -0.602. The summed E-state index contributed by atoms with van der Waals surface area (Å²) in [6.07, 6.45) is 3.11. The largest absolute Gasteiger partial charge is 0.341 e. The van der Waals surface area contributed by atoms with Crippen molar-refractivity contribution in [1.82, 2.24) is 15.3 Å². The number of carbonyl (C=O) groups excluding carboxylic acids is 3. The van der Waals surface area contributed by atoms with Gasteiger partial charge in [0.05, 0.1) is 0 Å². The summed E-state index contributed by atoms with van der Waals surface area (Å²) in [5.74, 6) is -0.849. The van der Waals surface area contributed by atoms with Crippen molar-refractivity contribution < 1.29 is 19.6 Å². The van der Waals surface area contributed by atoms with E-state index in [1.54, 1.807) is 34.6 Å². The highest BCUT2D eigenvalue weighted by molar-refractivity contribution is 5.97. The number of carbonyl (C=O) groups is 3. The van der Waals surface area contributed by atoms with Crippen LogP contribution in [0.3, 0.4) is 0 Å². The molecule has 7 nitrogen and oxygen atoms in total. The van der Waals surface area contributed by atoms with Crippen LogP contribution in [0.15, 0.2) is 42.5 Å². The van der Waals surface area contributed by atoms with Crippen LogP contribution in [-0.2, 0) is 11.3 Å². The smallest absolute Gasteiger partial charge is 0.274 e. The third-order valence-corrected chi connectivity index (χ3v) is 5.48. The van der Waals surface area contributed by atoms with Crippen molar-refractivity contribution in [3.8, 4) is 0 Å². The predicted octanol–water partition coefficient (Wildman–Crippen LogP) is 3.08. The second-order valence-corrected chi connectivity index (χ2v) is 8.12. The minimum Gasteiger partial charge on any atom is -0.341 e. The van der Waals surface area contributed by atoms with Gasteiger partial charge < -0.3 is 9.80 Å². The van der Waals surface area contributed by atoms with Crippen molar-refractivity contribution in [3.05, 3.63) is 70.3 Å². The zero-order chi connectivity index (χ0) is 22.4. The van der Waals surface area contributed by atoms with E-state index >= 15 is 0 Å². The van der Waals surface area contributed by atoms with Gasteiger partial charge in [0.1, 0.15) is 6.54 Å². The Kier molecular flexibility index (Phi) is 7.41. The Balaban J connectivity index is 1.83. The molecule has 2 N–H and O–H groups in total. The van der Waals surface area contributed by atoms with Crippen molar-refractivity contribution in [3.63, 3.8) is 0 Å². The van der Waals surface area contributed by atoms with Gasteiger partial charge in [-0.25, -0.2) is 5.48 Å². The van der Waals surface area contributed by atoms with Crippen LogP contribution >= 0.6 is 0 Å². The number of rotatable bonds is 6. The van der Waals surface area contributed by atoms with Crippen molar-refractivity contribution >= 4 is 17.7 Å². The summed E-state index contributed by atoms with van der Waals surface area (Å²) >= 11 is 0. The summed E-state index contributed by atoms with van der Waals surface area (Å²) < 4.78 is 0. The first-order valence-electron chi connectivity index (χ1n) is 10.6. The Labute approximate surface area is 182 Å². The van der Waals surface area contributed by atoms with E-state index in [1.807, 2.05) is 36.9 Å². The van der Waals surface area contributed by atoms with E-state index in [2.05, 4.69) is 0 Å². The molecule has 0 atom stereocenters. The predicted molar refractivity (Wildman–Crippen MR) is 117 cm³/mol. The first kappa shape index (κ1) is 22.5. The highest BCUT2D eigenvalue weighted by Gasteiger charge is 2.24. The molecule has 1 saturated heterocycles. The molecule has 1 fully saturated rings. The molecule has 0 spiro atoms. The molecule has 0 aliphatic carbocycles. The molecule has 3 amide bonds. The summed E-state index contributed by atoms with van der Waals surface area (Å²) in [5, 5.41) is 8.77. The standard InChI is InChI=1S/C24H29N3O4/c1-17-12-18(2)14-21(13-17)24(30)27(16-22(28)26-10-4-3-5-11-26)15-19-6-8-20(9-7-19)23(29)25-31/h6-9,12-14,31H,3-5,10-11,15-16H2,1-2H3,(H,25,29). The zero-order valence-electron chi connectivity index (χ0n) is 18.1. The third kappa shape index (κ3) is 5.92. The second-order valence-electron chi connectivity index (χ2n) is 8.12. The van der Waals surface area contributed by atoms with Gasteiger partial charge in [0.15, 0.2) is 0 Å². The number of amides is 3. The zero-order valence-corrected chi connectivity index (χ0v) is 18.1. The van der Waals surface area contributed by atoms with Crippen LogP contribution in [0.4, 0.5) is 0 Å². The van der Waals surface area contributed by atoms with Crippen LogP contribution in [0, 0.1) is 13.8 Å². The molecule has 31 heavy (non-hydrogen) atoms. The lowest BCUT2D eigenvalue weighted by Crippen LogP contribution is -2.44. The monoisotopic (exact) mass is 423 g/mol. The fraction of sp³-hybridized carbons (Fsp3) is 0.375. The van der Waals surface area contributed by atoms with Crippen LogP contribution in [0.2, 0.25) is 0 Å². The molecular weight excluding hydrogens is 394 g/mol. The first-order chi connectivity index (χ1) is 14.9. The van der Waals surface area contributed by atoms with Crippen molar-refractivity contribution in [2.24, 2.45) is 0 Å². The molecule has 1 heterocycles. The van der Waals surface area contributed by atoms with Gasteiger partial charge in [-0.2, -0.15) is 0 Å². The summed E-state index contributed by atoms with van der Waals surface area (Å²) in [4.78, 5) is 41.2. The van der Waals surface area contributed by atoms with E-state index in [0.717, 1.165) is 49.0 Å².